The van der Waals surface area contributed by atoms with Gasteiger partial charge in [0.05, 0.1) is 25.3 Å². The van der Waals surface area contributed by atoms with Gasteiger partial charge in [0.15, 0.2) is 0 Å². The number of rotatable bonds is 13. The number of carbonyl (C=O) groups is 2. The summed E-state index contributed by atoms with van der Waals surface area (Å²) in [6, 6.07) is 6.95. The highest BCUT2D eigenvalue weighted by atomic mass is 19.3. The quantitative estimate of drug-likeness (QED) is 0.198. The van der Waals surface area contributed by atoms with Crippen LogP contribution in [0.1, 0.15) is 16.8 Å². The van der Waals surface area contributed by atoms with Crippen LogP contribution in [-0.4, -0.2) is 60.5 Å². The lowest BCUT2D eigenvalue weighted by Crippen LogP contribution is -2.38. The molecule has 0 radical (unpaired) electrons. The van der Waals surface area contributed by atoms with Gasteiger partial charge >= 0.3 is 0 Å². The molecule has 0 fully saturated rings. The monoisotopic (exact) mass is 486 g/mol. The van der Waals surface area contributed by atoms with Gasteiger partial charge in [-0.05, 0) is 35.4 Å². The van der Waals surface area contributed by atoms with Crippen molar-refractivity contribution in [2.75, 3.05) is 31.6 Å². The number of hydrogen-bond acceptors (Lipinski definition) is 5. The zero-order valence-corrected chi connectivity index (χ0v) is 17.8. The van der Waals surface area contributed by atoms with Crippen molar-refractivity contribution in [2.24, 2.45) is 0 Å². The molecule has 0 saturated heterocycles. The van der Waals surface area contributed by atoms with E-state index in [1.54, 1.807) is 0 Å². The molecule has 184 valence electrons. The Morgan fingerprint density at radius 1 is 1.06 bits per heavy atom. The summed E-state index contributed by atoms with van der Waals surface area (Å²) in [7, 11) is 0. The number of anilines is 1. The first kappa shape index (κ1) is 26.7. The number of nitrogens with one attached hydrogen (secondary N) is 3. The molecule has 1 heterocycles. The Bertz CT molecular complexity index is 1000. The number of halogens is 5. The third kappa shape index (κ3) is 9.14. The second-order valence-electron chi connectivity index (χ2n) is 7.34. The number of alkyl halides is 4. The largest absolute Gasteiger partial charge is 0.390 e. The van der Waals surface area contributed by atoms with Crippen molar-refractivity contribution in [2.45, 2.75) is 18.3 Å². The lowest BCUT2D eigenvalue weighted by molar-refractivity contribution is -0.119. The van der Waals surface area contributed by atoms with E-state index in [0.717, 1.165) is 6.08 Å². The zero-order valence-electron chi connectivity index (χ0n) is 17.8. The van der Waals surface area contributed by atoms with Crippen LogP contribution in [0.2, 0.25) is 0 Å². The average Bonchev–Trinajstić information content (AvgIpc) is 2.81. The summed E-state index contributed by atoms with van der Waals surface area (Å²) >= 11 is 0. The fourth-order valence-electron chi connectivity index (χ4n) is 2.69. The molecule has 2 amide bonds. The molecule has 2 rings (SSSR count). The number of carbonyl (C=O) groups excluding carboxylic acids is 2. The number of amides is 2. The summed E-state index contributed by atoms with van der Waals surface area (Å²) in [5.74, 6) is -8.04. The van der Waals surface area contributed by atoms with Gasteiger partial charge in [-0.3, -0.25) is 14.6 Å². The number of nitrogens with zero attached hydrogens (tertiary/aromatic N) is 1. The molecule has 0 bridgehead atoms. The van der Waals surface area contributed by atoms with Gasteiger partial charge < -0.3 is 21.1 Å². The predicted molar refractivity (Wildman–Crippen MR) is 115 cm³/mol. The molecule has 0 spiro atoms. The van der Waals surface area contributed by atoms with Gasteiger partial charge in [-0.1, -0.05) is 12.1 Å². The van der Waals surface area contributed by atoms with Crippen LogP contribution >= 0.6 is 0 Å². The molecule has 34 heavy (non-hydrogen) atoms. The number of pyridine rings is 1. The minimum atomic E-state index is -3.47. The second kappa shape index (κ2) is 12.1. The molecule has 1 aromatic carbocycles. The minimum Gasteiger partial charge on any atom is -0.390 e. The van der Waals surface area contributed by atoms with Crippen molar-refractivity contribution in [1.82, 2.24) is 15.6 Å². The van der Waals surface area contributed by atoms with Crippen LogP contribution in [0.25, 0.3) is 6.08 Å². The van der Waals surface area contributed by atoms with E-state index >= 15 is 0 Å². The van der Waals surface area contributed by atoms with E-state index in [-0.39, 0.29) is 24.2 Å². The van der Waals surface area contributed by atoms with Crippen molar-refractivity contribution in [1.29, 1.82) is 0 Å². The summed E-state index contributed by atoms with van der Waals surface area (Å²) in [6.45, 7) is -4.19. The Labute approximate surface area is 192 Å². The van der Waals surface area contributed by atoms with Crippen LogP contribution in [0.5, 0.6) is 0 Å². The molecule has 7 nitrogen and oxygen atoms in total. The normalized spacial score (nSPS) is 11.9. The Balaban J connectivity index is 2.19. The molecule has 0 aliphatic heterocycles. The first-order chi connectivity index (χ1) is 16.0. The first-order valence-electron chi connectivity index (χ1n) is 10.0. The summed E-state index contributed by atoms with van der Waals surface area (Å²) in [5.41, 5.74) is 1.60. The molecular weight excluding hydrogens is 463 g/mol. The van der Waals surface area contributed by atoms with Crippen LogP contribution in [-0.2, 0) is 16.0 Å². The van der Waals surface area contributed by atoms with Crippen LogP contribution in [0, 0.1) is 5.82 Å². The summed E-state index contributed by atoms with van der Waals surface area (Å²) < 4.78 is 67.2. The van der Waals surface area contributed by atoms with Crippen molar-refractivity contribution >= 4 is 24.1 Å². The summed E-state index contributed by atoms with van der Waals surface area (Å²) in [4.78, 5) is 26.2. The average molecular weight is 486 g/mol. The number of aliphatic hydroxyl groups excluding tert-OH is 1. The van der Waals surface area contributed by atoms with Gasteiger partial charge in [0.25, 0.3) is 11.8 Å². The van der Waals surface area contributed by atoms with E-state index in [1.165, 1.54) is 42.6 Å². The summed E-state index contributed by atoms with van der Waals surface area (Å²) in [6.07, 6.45) is 3.90. The number of aromatic nitrogens is 1. The standard InChI is InChI=1S/C22H23F5N4O3/c23-17-3-1-15(2-4-17)7-16-9-29-18(5-6-20(34)31-12-22(26,27)13-32)8-19(16)30-11-21(24,25)10-28-14-33/h1-6,8-9,14,32H,7,10-13H2,(H,28,33)(H,29,30)(H,31,34)/b6-5+. The van der Waals surface area contributed by atoms with Gasteiger partial charge in [0, 0.05) is 24.4 Å². The maximum Gasteiger partial charge on any atom is 0.287 e. The van der Waals surface area contributed by atoms with Crippen LogP contribution < -0.4 is 16.0 Å². The van der Waals surface area contributed by atoms with E-state index < -0.39 is 49.8 Å². The van der Waals surface area contributed by atoms with Gasteiger partial charge in [-0.25, -0.2) is 22.0 Å². The predicted octanol–water partition coefficient (Wildman–Crippen LogP) is 2.36. The third-order valence-electron chi connectivity index (χ3n) is 4.46. The molecule has 0 aliphatic rings. The SMILES string of the molecule is O=CNCC(F)(F)CNc1cc(/C=C/C(=O)NCC(F)(F)CO)ncc1Cc1ccc(F)cc1. The third-order valence-corrected chi connectivity index (χ3v) is 4.46. The van der Waals surface area contributed by atoms with E-state index in [9.17, 15) is 31.5 Å². The lowest BCUT2D eigenvalue weighted by atomic mass is 10.0. The van der Waals surface area contributed by atoms with E-state index in [0.29, 0.717) is 11.1 Å². The lowest BCUT2D eigenvalue weighted by Gasteiger charge is -2.19. The molecule has 12 heteroatoms. The maximum atomic E-state index is 14.0. The van der Waals surface area contributed by atoms with E-state index in [1.807, 2.05) is 10.6 Å². The van der Waals surface area contributed by atoms with Crippen molar-refractivity contribution in [3.63, 3.8) is 0 Å². The Hall–Kier alpha value is -3.54. The molecular formula is C22H23F5N4O3. The Morgan fingerprint density at radius 2 is 1.76 bits per heavy atom. The number of aliphatic hydroxyl groups is 1. The van der Waals surface area contributed by atoms with Crippen LogP contribution in [0.4, 0.5) is 27.6 Å². The first-order valence-corrected chi connectivity index (χ1v) is 10.0. The minimum absolute atomic E-state index is 0.157. The van der Waals surface area contributed by atoms with E-state index in [2.05, 4.69) is 10.3 Å². The highest BCUT2D eigenvalue weighted by Gasteiger charge is 2.29. The maximum absolute atomic E-state index is 14.0. The molecule has 0 unspecified atom stereocenters. The van der Waals surface area contributed by atoms with Crippen LogP contribution in [0.3, 0.4) is 0 Å². The van der Waals surface area contributed by atoms with Gasteiger partial charge in [-0.15, -0.1) is 0 Å². The fraction of sp³-hybridized carbons (Fsp3) is 0.318. The van der Waals surface area contributed by atoms with Crippen LogP contribution in [0.15, 0.2) is 42.6 Å². The van der Waals surface area contributed by atoms with Crippen molar-refractivity contribution in [3.8, 4) is 0 Å². The molecule has 0 saturated carbocycles. The summed E-state index contributed by atoms with van der Waals surface area (Å²) in [5, 5.41) is 15.0. The topological polar surface area (TPSA) is 103 Å². The number of benzene rings is 1. The zero-order chi connectivity index (χ0) is 25.2. The molecule has 0 aliphatic carbocycles. The van der Waals surface area contributed by atoms with Gasteiger partial charge in [0.1, 0.15) is 12.4 Å². The molecule has 0 atom stereocenters. The Morgan fingerprint density at radius 3 is 2.41 bits per heavy atom. The second-order valence-corrected chi connectivity index (χ2v) is 7.34. The van der Waals surface area contributed by atoms with Crippen molar-refractivity contribution in [3.05, 3.63) is 65.2 Å². The highest BCUT2D eigenvalue weighted by molar-refractivity contribution is 5.91. The Kier molecular flexibility index (Phi) is 9.48. The van der Waals surface area contributed by atoms with Crippen molar-refractivity contribution < 1.29 is 36.6 Å². The van der Waals surface area contributed by atoms with Gasteiger partial charge in [-0.2, -0.15) is 0 Å². The molecule has 2 aromatic rings. The smallest absolute Gasteiger partial charge is 0.287 e. The molecule has 1 aromatic heterocycles. The number of hydrogen-bond donors (Lipinski definition) is 4. The van der Waals surface area contributed by atoms with Gasteiger partial charge in [0.2, 0.25) is 12.3 Å². The fourth-order valence-corrected chi connectivity index (χ4v) is 2.69. The highest BCUT2D eigenvalue weighted by Crippen LogP contribution is 2.23. The molecule has 4 N–H and O–H groups in total. The van der Waals surface area contributed by atoms with E-state index in [4.69, 9.17) is 5.11 Å².